The first-order chi connectivity index (χ1) is 7.65. The first kappa shape index (κ1) is 11.2. The molecular formula is C12H13ClN2O. The average Bonchev–Trinajstić information content (AvgIpc) is 2.65. The Balaban J connectivity index is 2.19. The van der Waals surface area contributed by atoms with Gasteiger partial charge in [0.2, 0.25) is 0 Å². The van der Waals surface area contributed by atoms with E-state index in [0.717, 1.165) is 11.3 Å². The van der Waals surface area contributed by atoms with Crippen molar-refractivity contribution >= 4 is 11.6 Å². The van der Waals surface area contributed by atoms with Gasteiger partial charge in [-0.15, -0.1) is 0 Å². The van der Waals surface area contributed by atoms with E-state index in [9.17, 15) is 5.11 Å². The molecule has 4 heteroatoms. The van der Waals surface area contributed by atoms with Crippen LogP contribution in [0.3, 0.4) is 0 Å². The van der Waals surface area contributed by atoms with Gasteiger partial charge >= 0.3 is 0 Å². The fraction of sp³-hybridized carbons (Fsp3) is 0.250. The molecule has 3 nitrogen and oxygen atoms in total. The zero-order chi connectivity index (χ0) is 11.5. The van der Waals surface area contributed by atoms with E-state index in [4.69, 9.17) is 11.6 Å². The molecule has 1 aromatic heterocycles. The van der Waals surface area contributed by atoms with Gasteiger partial charge in [-0.3, -0.25) is 0 Å². The molecular weight excluding hydrogens is 224 g/mol. The van der Waals surface area contributed by atoms with Gasteiger partial charge in [-0.1, -0.05) is 23.7 Å². The van der Waals surface area contributed by atoms with Gasteiger partial charge in [-0.05, 0) is 31.0 Å². The second-order valence-corrected chi connectivity index (χ2v) is 4.26. The van der Waals surface area contributed by atoms with Gasteiger partial charge in [-0.2, -0.15) is 5.10 Å². The van der Waals surface area contributed by atoms with E-state index in [1.807, 2.05) is 24.3 Å². The summed E-state index contributed by atoms with van der Waals surface area (Å²) in [6.07, 6.45) is 3.71. The van der Waals surface area contributed by atoms with E-state index >= 15 is 0 Å². The number of benzene rings is 1. The van der Waals surface area contributed by atoms with Crippen molar-refractivity contribution in [2.75, 3.05) is 0 Å². The van der Waals surface area contributed by atoms with Crippen LogP contribution >= 0.6 is 11.6 Å². The van der Waals surface area contributed by atoms with Crippen molar-refractivity contribution in [2.24, 2.45) is 0 Å². The van der Waals surface area contributed by atoms with Crippen LogP contribution in [0.15, 0.2) is 36.7 Å². The minimum absolute atomic E-state index is 0.315. The smallest absolute Gasteiger partial charge is 0.0790 e. The van der Waals surface area contributed by atoms with Gasteiger partial charge in [0.1, 0.15) is 0 Å². The number of nitrogens with zero attached hydrogens (tertiary/aromatic N) is 2. The normalized spacial score (nSPS) is 12.7. The SMILES string of the molecule is CC(O)Cc1ccc(-n2cc(Cl)cn2)cc1. The number of aromatic nitrogens is 2. The number of halogens is 1. The molecule has 0 bridgehead atoms. The van der Waals surface area contributed by atoms with Crippen LogP contribution in [0.1, 0.15) is 12.5 Å². The van der Waals surface area contributed by atoms with E-state index in [-0.39, 0.29) is 6.10 Å². The van der Waals surface area contributed by atoms with E-state index < -0.39 is 0 Å². The molecule has 0 saturated carbocycles. The molecule has 0 amide bonds. The molecule has 2 rings (SSSR count). The van der Waals surface area contributed by atoms with Crippen molar-refractivity contribution < 1.29 is 5.11 Å². The van der Waals surface area contributed by atoms with Gasteiger partial charge in [-0.25, -0.2) is 4.68 Å². The van der Waals surface area contributed by atoms with Crippen molar-refractivity contribution in [1.29, 1.82) is 0 Å². The lowest BCUT2D eigenvalue weighted by Crippen LogP contribution is -2.04. The van der Waals surface area contributed by atoms with Crippen molar-refractivity contribution in [1.82, 2.24) is 9.78 Å². The Kier molecular flexibility index (Phi) is 3.27. The van der Waals surface area contributed by atoms with Gasteiger partial charge in [0.15, 0.2) is 0 Å². The zero-order valence-electron chi connectivity index (χ0n) is 8.97. The molecule has 0 saturated heterocycles. The Hall–Kier alpha value is -1.32. The maximum atomic E-state index is 9.26. The van der Waals surface area contributed by atoms with Crippen LogP contribution < -0.4 is 0 Å². The monoisotopic (exact) mass is 236 g/mol. The Labute approximate surface area is 99.3 Å². The predicted molar refractivity (Wildman–Crippen MR) is 64.0 cm³/mol. The van der Waals surface area contributed by atoms with Crippen LogP contribution in [0.25, 0.3) is 5.69 Å². The molecule has 1 heterocycles. The summed E-state index contributed by atoms with van der Waals surface area (Å²) in [6.45, 7) is 1.78. The topological polar surface area (TPSA) is 38.0 Å². The fourth-order valence-corrected chi connectivity index (χ4v) is 1.70. The van der Waals surface area contributed by atoms with Crippen molar-refractivity contribution in [3.8, 4) is 5.69 Å². The highest BCUT2D eigenvalue weighted by Crippen LogP contribution is 2.13. The molecule has 0 fully saturated rings. The molecule has 1 aromatic carbocycles. The van der Waals surface area contributed by atoms with E-state index in [1.165, 1.54) is 0 Å². The third-order valence-electron chi connectivity index (χ3n) is 2.28. The third kappa shape index (κ3) is 2.62. The number of hydrogen-bond acceptors (Lipinski definition) is 2. The molecule has 0 spiro atoms. The lowest BCUT2D eigenvalue weighted by Gasteiger charge is -2.05. The summed E-state index contributed by atoms with van der Waals surface area (Å²) < 4.78 is 1.72. The Bertz CT molecular complexity index is 462. The van der Waals surface area contributed by atoms with Crippen molar-refractivity contribution in [3.63, 3.8) is 0 Å². The fourth-order valence-electron chi connectivity index (χ4n) is 1.57. The summed E-state index contributed by atoms with van der Waals surface area (Å²) in [4.78, 5) is 0. The van der Waals surface area contributed by atoms with E-state index in [0.29, 0.717) is 11.4 Å². The quantitative estimate of drug-likeness (QED) is 0.889. The Morgan fingerprint density at radius 1 is 1.38 bits per heavy atom. The zero-order valence-corrected chi connectivity index (χ0v) is 9.72. The minimum Gasteiger partial charge on any atom is -0.393 e. The number of rotatable bonds is 3. The first-order valence-electron chi connectivity index (χ1n) is 5.13. The van der Waals surface area contributed by atoms with Crippen LogP contribution in [0, 0.1) is 0 Å². The largest absolute Gasteiger partial charge is 0.393 e. The maximum Gasteiger partial charge on any atom is 0.0790 e. The van der Waals surface area contributed by atoms with Crippen LogP contribution in [0.4, 0.5) is 0 Å². The van der Waals surface area contributed by atoms with E-state index in [1.54, 1.807) is 24.0 Å². The molecule has 1 atom stereocenters. The molecule has 0 aliphatic carbocycles. The summed E-state index contributed by atoms with van der Waals surface area (Å²) in [5.41, 5.74) is 2.07. The average molecular weight is 237 g/mol. The highest BCUT2D eigenvalue weighted by Gasteiger charge is 2.01. The molecule has 1 unspecified atom stereocenters. The van der Waals surface area contributed by atoms with Crippen LogP contribution in [0.5, 0.6) is 0 Å². The van der Waals surface area contributed by atoms with Gasteiger partial charge in [0.25, 0.3) is 0 Å². The Morgan fingerprint density at radius 3 is 2.56 bits per heavy atom. The summed E-state index contributed by atoms with van der Waals surface area (Å²) >= 11 is 5.79. The van der Waals surface area contributed by atoms with Gasteiger partial charge in [0, 0.05) is 6.20 Å². The van der Waals surface area contributed by atoms with Gasteiger partial charge in [0.05, 0.1) is 23.0 Å². The first-order valence-corrected chi connectivity index (χ1v) is 5.50. The summed E-state index contributed by atoms with van der Waals surface area (Å²) in [7, 11) is 0. The second kappa shape index (κ2) is 4.68. The second-order valence-electron chi connectivity index (χ2n) is 3.82. The molecule has 0 aliphatic heterocycles. The Morgan fingerprint density at radius 2 is 2.06 bits per heavy atom. The number of aliphatic hydroxyl groups excluding tert-OH is 1. The molecule has 0 aliphatic rings. The van der Waals surface area contributed by atoms with Crippen molar-refractivity contribution in [2.45, 2.75) is 19.4 Å². The van der Waals surface area contributed by atoms with Gasteiger partial charge < -0.3 is 5.11 Å². The summed E-state index contributed by atoms with van der Waals surface area (Å²) in [6, 6.07) is 7.89. The molecule has 1 N–H and O–H groups in total. The van der Waals surface area contributed by atoms with Crippen LogP contribution in [-0.2, 0) is 6.42 Å². The summed E-state index contributed by atoms with van der Waals surface area (Å²) in [5.74, 6) is 0. The lowest BCUT2D eigenvalue weighted by atomic mass is 10.1. The highest BCUT2D eigenvalue weighted by atomic mass is 35.5. The summed E-state index contributed by atoms with van der Waals surface area (Å²) in [5, 5.41) is 14.0. The van der Waals surface area contributed by atoms with Crippen LogP contribution in [0.2, 0.25) is 5.02 Å². The molecule has 0 radical (unpaired) electrons. The third-order valence-corrected chi connectivity index (χ3v) is 2.48. The molecule has 16 heavy (non-hydrogen) atoms. The minimum atomic E-state index is -0.315. The molecule has 84 valence electrons. The van der Waals surface area contributed by atoms with E-state index in [2.05, 4.69) is 5.10 Å². The maximum absolute atomic E-state index is 9.26. The lowest BCUT2D eigenvalue weighted by molar-refractivity contribution is 0.195. The molecule has 2 aromatic rings. The van der Waals surface area contributed by atoms with Crippen molar-refractivity contribution in [3.05, 3.63) is 47.2 Å². The number of aliphatic hydroxyl groups is 1. The highest BCUT2D eigenvalue weighted by molar-refractivity contribution is 6.30. The predicted octanol–water partition coefficient (Wildman–Crippen LogP) is 2.45. The number of hydrogen-bond donors (Lipinski definition) is 1. The van der Waals surface area contributed by atoms with Crippen LogP contribution in [-0.4, -0.2) is 21.0 Å². The standard InChI is InChI=1S/C12H13ClN2O/c1-9(16)6-10-2-4-12(5-3-10)15-8-11(13)7-14-15/h2-5,7-9,16H,6H2,1H3.